The predicted molar refractivity (Wildman–Crippen MR) is 152 cm³/mol. The van der Waals surface area contributed by atoms with Crippen LogP contribution in [0.1, 0.15) is 19.4 Å². The Kier molecular flexibility index (Phi) is 10.4. The minimum Gasteiger partial charge on any atom is -0.497 e. The molecule has 214 valence electrons. The van der Waals surface area contributed by atoms with E-state index in [-0.39, 0.29) is 28.8 Å². The number of likely N-dealkylation sites (N-methyl/N-ethyl adjacent to an activating group) is 1. The molecule has 1 N–H and O–H groups in total. The fraction of sp³-hybridized carbons (Fsp3) is 0.310. The topological polar surface area (TPSA) is 114 Å². The standard InChI is InChI=1S/C29H35N3O7S/c1-6-30-29(34)21(2)31(19-22-12-14-23(37-3)15-13-22)28(33)20-32(40(35,36)25-10-8-7-9-11-25)26-18-24(38-4)16-17-27(26)39-5/h7-18,21H,6,19-20H2,1-5H3,(H,30,34)/t21-/m0/s1. The van der Waals surface area contributed by atoms with Gasteiger partial charge in [0, 0.05) is 19.2 Å². The molecule has 0 heterocycles. The molecule has 40 heavy (non-hydrogen) atoms. The van der Waals surface area contributed by atoms with Crippen molar-refractivity contribution in [3.05, 3.63) is 78.4 Å². The van der Waals surface area contributed by atoms with Crippen molar-refractivity contribution in [1.29, 1.82) is 0 Å². The number of nitrogens with one attached hydrogen (secondary N) is 1. The Bertz CT molecular complexity index is 1400. The molecule has 2 amide bonds. The van der Waals surface area contributed by atoms with E-state index in [1.165, 1.54) is 37.3 Å². The van der Waals surface area contributed by atoms with E-state index in [0.717, 1.165) is 9.87 Å². The Hall–Kier alpha value is -4.25. The highest BCUT2D eigenvalue weighted by Crippen LogP contribution is 2.36. The van der Waals surface area contributed by atoms with Gasteiger partial charge in [-0.1, -0.05) is 30.3 Å². The number of methoxy groups -OCH3 is 3. The van der Waals surface area contributed by atoms with Gasteiger partial charge < -0.3 is 24.4 Å². The van der Waals surface area contributed by atoms with Crippen LogP contribution in [-0.2, 0) is 26.2 Å². The van der Waals surface area contributed by atoms with Crippen LogP contribution in [0.4, 0.5) is 5.69 Å². The lowest BCUT2D eigenvalue weighted by molar-refractivity contribution is -0.139. The van der Waals surface area contributed by atoms with Gasteiger partial charge in [0.05, 0.1) is 31.9 Å². The second-order valence-electron chi connectivity index (χ2n) is 8.80. The summed E-state index contributed by atoms with van der Waals surface area (Å²) in [6.07, 6.45) is 0. The average Bonchev–Trinajstić information content (AvgIpc) is 2.98. The Balaban J connectivity index is 2.09. The number of sulfonamides is 1. The van der Waals surface area contributed by atoms with Crippen LogP contribution in [0.25, 0.3) is 0 Å². The van der Waals surface area contributed by atoms with Crippen molar-refractivity contribution in [2.24, 2.45) is 0 Å². The molecule has 0 aliphatic rings. The molecule has 3 rings (SSSR count). The summed E-state index contributed by atoms with van der Waals surface area (Å²) in [6, 6.07) is 18.7. The molecule has 3 aromatic rings. The Morgan fingerprint density at radius 3 is 2.08 bits per heavy atom. The van der Waals surface area contributed by atoms with Gasteiger partial charge in [-0.3, -0.25) is 13.9 Å². The molecule has 3 aromatic carbocycles. The highest BCUT2D eigenvalue weighted by atomic mass is 32.2. The lowest BCUT2D eigenvalue weighted by Crippen LogP contribution is -2.51. The quantitative estimate of drug-likeness (QED) is 0.335. The van der Waals surface area contributed by atoms with Crippen LogP contribution < -0.4 is 23.8 Å². The second-order valence-corrected chi connectivity index (χ2v) is 10.7. The van der Waals surface area contributed by atoms with Crippen LogP contribution in [0.2, 0.25) is 0 Å². The molecular formula is C29H35N3O7S. The van der Waals surface area contributed by atoms with Gasteiger partial charge in [0.2, 0.25) is 11.8 Å². The summed E-state index contributed by atoms with van der Waals surface area (Å²) in [7, 11) is 0.173. The van der Waals surface area contributed by atoms with Crippen LogP contribution in [-0.4, -0.2) is 65.6 Å². The third kappa shape index (κ3) is 7.03. The Labute approximate surface area is 235 Å². The first-order valence-electron chi connectivity index (χ1n) is 12.7. The number of nitrogens with zero attached hydrogens (tertiary/aromatic N) is 2. The Morgan fingerprint density at radius 1 is 0.875 bits per heavy atom. The monoisotopic (exact) mass is 569 g/mol. The normalized spacial score (nSPS) is 11.7. The highest BCUT2D eigenvalue weighted by Gasteiger charge is 2.34. The number of hydrogen-bond donors (Lipinski definition) is 1. The molecule has 0 saturated heterocycles. The van der Waals surface area contributed by atoms with E-state index < -0.39 is 28.5 Å². The predicted octanol–water partition coefficient (Wildman–Crippen LogP) is 3.46. The molecule has 1 atom stereocenters. The molecule has 10 nitrogen and oxygen atoms in total. The van der Waals surface area contributed by atoms with Crippen molar-refractivity contribution in [2.45, 2.75) is 31.3 Å². The number of anilines is 1. The van der Waals surface area contributed by atoms with Crippen LogP contribution in [0.5, 0.6) is 17.2 Å². The SMILES string of the molecule is CCNC(=O)[C@H](C)N(Cc1ccc(OC)cc1)C(=O)CN(c1cc(OC)ccc1OC)S(=O)(=O)c1ccccc1. The second kappa shape index (κ2) is 13.7. The highest BCUT2D eigenvalue weighted by molar-refractivity contribution is 7.92. The van der Waals surface area contributed by atoms with E-state index in [2.05, 4.69) is 5.32 Å². The maximum absolute atomic E-state index is 14.0. The zero-order valence-corrected chi connectivity index (χ0v) is 24.1. The van der Waals surface area contributed by atoms with Crippen LogP contribution >= 0.6 is 0 Å². The summed E-state index contributed by atoms with van der Waals surface area (Å²) in [6.45, 7) is 3.23. The first-order chi connectivity index (χ1) is 19.2. The van der Waals surface area contributed by atoms with Crippen molar-refractivity contribution in [2.75, 3.05) is 38.7 Å². The lowest BCUT2D eigenvalue weighted by Gasteiger charge is -2.32. The van der Waals surface area contributed by atoms with Crippen molar-refractivity contribution >= 4 is 27.5 Å². The number of ether oxygens (including phenoxy) is 3. The molecule has 0 aliphatic carbocycles. The minimum absolute atomic E-state index is 0.00819. The van der Waals surface area contributed by atoms with Crippen LogP contribution in [0, 0.1) is 0 Å². The van der Waals surface area contributed by atoms with Gasteiger partial charge in [0.1, 0.15) is 29.8 Å². The van der Waals surface area contributed by atoms with Gasteiger partial charge in [-0.15, -0.1) is 0 Å². The van der Waals surface area contributed by atoms with E-state index in [1.54, 1.807) is 75.6 Å². The summed E-state index contributed by atoms with van der Waals surface area (Å²) in [5.74, 6) is 0.303. The molecule has 0 saturated carbocycles. The maximum atomic E-state index is 14.0. The fourth-order valence-electron chi connectivity index (χ4n) is 4.06. The smallest absolute Gasteiger partial charge is 0.264 e. The first-order valence-corrected chi connectivity index (χ1v) is 14.1. The third-order valence-corrected chi connectivity index (χ3v) is 8.07. The van der Waals surface area contributed by atoms with E-state index in [9.17, 15) is 18.0 Å². The molecule has 0 spiro atoms. The van der Waals surface area contributed by atoms with Crippen molar-refractivity contribution < 1.29 is 32.2 Å². The first kappa shape index (κ1) is 30.3. The largest absolute Gasteiger partial charge is 0.497 e. The van der Waals surface area contributed by atoms with Crippen molar-refractivity contribution in [3.63, 3.8) is 0 Å². The number of amides is 2. The molecule has 0 radical (unpaired) electrons. The van der Waals surface area contributed by atoms with E-state index in [4.69, 9.17) is 14.2 Å². The van der Waals surface area contributed by atoms with Crippen LogP contribution in [0.3, 0.4) is 0 Å². The Morgan fingerprint density at radius 2 is 1.50 bits per heavy atom. The zero-order valence-electron chi connectivity index (χ0n) is 23.3. The average molecular weight is 570 g/mol. The molecule has 0 aliphatic heterocycles. The lowest BCUT2D eigenvalue weighted by atomic mass is 10.1. The van der Waals surface area contributed by atoms with Gasteiger partial charge in [0.25, 0.3) is 10.0 Å². The van der Waals surface area contributed by atoms with Gasteiger partial charge >= 0.3 is 0 Å². The molecule has 0 fully saturated rings. The number of rotatable bonds is 13. The summed E-state index contributed by atoms with van der Waals surface area (Å²) in [4.78, 5) is 28.2. The summed E-state index contributed by atoms with van der Waals surface area (Å²) < 4.78 is 44.9. The maximum Gasteiger partial charge on any atom is 0.264 e. The van der Waals surface area contributed by atoms with E-state index in [1.807, 2.05) is 0 Å². The number of hydrogen-bond acceptors (Lipinski definition) is 7. The molecule has 0 bridgehead atoms. The molecule has 11 heteroatoms. The summed E-state index contributed by atoms with van der Waals surface area (Å²) in [5.41, 5.74) is 0.857. The number of carbonyl (C=O) groups is 2. The molecule has 0 aromatic heterocycles. The number of benzene rings is 3. The van der Waals surface area contributed by atoms with Crippen molar-refractivity contribution in [3.8, 4) is 17.2 Å². The summed E-state index contributed by atoms with van der Waals surface area (Å²) in [5, 5.41) is 2.74. The fourth-order valence-corrected chi connectivity index (χ4v) is 5.49. The number of carbonyl (C=O) groups excluding carboxylic acids is 2. The molecule has 0 unspecified atom stereocenters. The molecular weight excluding hydrogens is 534 g/mol. The van der Waals surface area contributed by atoms with Gasteiger partial charge in [0.15, 0.2) is 0 Å². The van der Waals surface area contributed by atoms with Crippen molar-refractivity contribution in [1.82, 2.24) is 10.2 Å². The minimum atomic E-state index is -4.25. The van der Waals surface area contributed by atoms with Gasteiger partial charge in [-0.2, -0.15) is 0 Å². The van der Waals surface area contributed by atoms with E-state index in [0.29, 0.717) is 18.0 Å². The van der Waals surface area contributed by atoms with E-state index >= 15 is 0 Å². The third-order valence-electron chi connectivity index (χ3n) is 6.30. The van der Waals surface area contributed by atoms with Crippen LogP contribution in [0.15, 0.2) is 77.7 Å². The zero-order chi connectivity index (χ0) is 29.3. The van der Waals surface area contributed by atoms with Gasteiger partial charge in [-0.25, -0.2) is 8.42 Å². The van der Waals surface area contributed by atoms with Gasteiger partial charge in [-0.05, 0) is 55.8 Å². The summed E-state index contributed by atoms with van der Waals surface area (Å²) >= 11 is 0.